The summed E-state index contributed by atoms with van der Waals surface area (Å²) in [6.07, 6.45) is 0.813. The van der Waals surface area contributed by atoms with Gasteiger partial charge in [-0.3, -0.25) is 9.69 Å². The summed E-state index contributed by atoms with van der Waals surface area (Å²) >= 11 is 1.45. The molecular formula is C15H17N3O4S. The van der Waals surface area contributed by atoms with Crippen LogP contribution in [0.4, 0.5) is 4.79 Å². The van der Waals surface area contributed by atoms with Crippen LogP contribution in [0.5, 0.6) is 0 Å². The Hall–Kier alpha value is -2.35. The van der Waals surface area contributed by atoms with Crippen molar-refractivity contribution >= 4 is 29.2 Å². The van der Waals surface area contributed by atoms with Crippen LogP contribution < -0.4 is 10.6 Å². The average Bonchev–Trinajstić information content (AvgIpc) is 3.18. The number of ether oxygens (including phenoxy) is 1. The Morgan fingerprint density at radius 3 is 3.04 bits per heavy atom. The summed E-state index contributed by atoms with van der Waals surface area (Å²) in [6.45, 7) is 2.39. The van der Waals surface area contributed by atoms with Crippen LogP contribution >= 0.6 is 11.3 Å². The van der Waals surface area contributed by atoms with Crippen molar-refractivity contribution in [1.29, 1.82) is 0 Å². The molecule has 0 saturated heterocycles. The third kappa shape index (κ3) is 2.94. The van der Waals surface area contributed by atoms with E-state index in [4.69, 9.17) is 4.74 Å². The molecule has 1 atom stereocenters. The Kier molecular flexibility index (Phi) is 4.33. The van der Waals surface area contributed by atoms with E-state index in [1.807, 2.05) is 24.4 Å². The summed E-state index contributed by atoms with van der Waals surface area (Å²) in [5.74, 6) is -0.708. The minimum absolute atomic E-state index is 0.0184. The molecule has 0 fully saturated rings. The lowest BCUT2D eigenvalue weighted by Crippen LogP contribution is -2.50. The molecule has 2 N–H and O–H groups in total. The molecule has 1 aromatic heterocycles. The van der Waals surface area contributed by atoms with Crippen LogP contribution in [0.15, 0.2) is 28.8 Å². The molecule has 0 aromatic carbocycles. The molecule has 0 bridgehead atoms. The molecular weight excluding hydrogens is 318 g/mol. The van der Waals surface area contributed by atoms with Crippen LogP contribution in [-0.2, 0) is 14.3 Å². The van der Waals surface area contributed by atoms with E-state index in [-0.39, 0.29) is 19.1 Å². The second kappa shape index (κ2) is 6.41. The molecule has 3 amide bonds. The normalized spacial score (nSPS) is 20.2. The van der Waals surface area contributed by atoms with Gasteiger partial charge in [-0.25, -0.2) is 9.59 Å². The molecule has 0 spiro atoms. The van der Waals surface area contributed by atoms with Crippen molar-refractivity contribution in [3.63, 3.8) is 0 Å². The second-order valence-electron chi connectivity index (χ2n) is 5.27. The molecule has 122 valence electrons. The summed E-state index contributed by atoms with van der Waals surface area (Å²) in [7, 11) is 0. The highest BCUT2D eigenvalue weighted by molar-refractivity contribution is 7.10. The van der Waals surface area contributed by atoms with Crippen molar-refractivity contribution < 1.29 is 19.1 Å². The summed E-state index contributed by atoms with van der Waals surface area (Å²) in [6, 6.07) is 2.81. The highest BCUT2D eigenvalue weighted by Crippen LogP contribution is 2.36. The van der Waals surface area contributed by atoms with Crippen molar-refractivity contribution in [2.75, 3.05) is 19.7 Å². The zero-order chi connectivity index (χ0) is 16.4. The van der Waals surface area contributed by atoms with Gasteiger partial charge in [0.25, 0.3) is 0 Å². The fourth-order valence-corrected chi connectivity index (χ4v) is 3.40. The Bertz CT molecular complexity index is 668. The first kappa shape index (κ1) is 15.5. The van der Waals surface area contributed by atoms with Gasteiger partial charge in [-0.2, -0.15) is 0 Å². The molecule has 3 heterocycles. The van der Waals surface area contributed by atoms with Crippen molar-refractivity contribution in [3.05, 3.63) is 33.7 Å². The minimum Gasteiger partial charge on any atom is -0.456 e. The Morgan fingerprint density at radius 2 is 2.35 bits per heavy atom. The molecule has 0 radical (unpaired) electrons. The quantitative estimate of drug-likeness (QED) is 0.790. The van der Waals surface area contributed by atoms with Crippen molar-refractivity contribution in [1.82, 2.24) is 15.5 Å². The van der Waals surface area contributed by atoms with Gasteiger partial charge in [0.2, 0.25) is 5.91 Å². The Morgan fingerprint density at radius 1 is 1.52 bits per heavy atom. The second-order valence-corrected chi connectivity index (χ2v) is 6.25. The number of amides is 3. The van der Waals surface area contributed by atoms with E-state index in [9.17, 15) is 14.4 Å². The maximum absolute atomic E-state index is 12.4. The van der Waals surface area contributed by atoms with Crippen LogP contribution in [0.3, 0.4) is 0 Å². The van der Waals surface area contributed by atoms with Crippen LogP contribution in [-0.4, -0.2) is 42.5 Å². The Labute approximate surface area is 137 Å². The molecule has 8 heteroatoms. The summed E-state index contributed by atoms with van der Waals surface area (Å²) in [4.78, 5) is 38.5. The number of urea groups is 1. The molecule has 2 aliphatic heterocycles. The van der Waals surface area contributed by atoms with Gasteiger partial charge in [0.05, 0.1) is 17.3 Å². The van der Waals surface area contributed by atoms with E-state index < -0.39 is 18.0 Å². The molecule has 7 nitrogen and oxygen atoms in total. The summed E-state index contributed by atoms with van der Waals surface area (Å²) in [5.41, 5.74) is 0.888. The lowest BCUT2D eigenvalue weighted by atomic mass is 10.0. The smallest absolute Gasteiger partial charge is 0.338 e. The number of carbonyl (C=O) groups is 3. The van der Waals surface area contributed by atoms with E-state index in [1.54, 1.807) is 0 Å². The highest BCUT2D eigenvalue weighted by atomic mass is 32.1. The summed E-state index contributed by atoms with van der Waals surface area (Å²) in [5, 5.41) is 7.40. The number of cyclic esters (lactones) is 1. The van der Waals surface area contributed by atoms with Crippen LogP contribution in [0.25, 0.3) is 0 Å². The van der Waals surface area contributed by atoms with Gasteiger partial charge in [0.15, 0.2) is 0 Å². The Balaban J connectivity index is 1.88. The molecule has 0 saturated carbocycles. The van der Waals surface area contributed by atoms with Crippen LogP contribution in [0.2, 0.25) is 0 Å². The number of rotatable bonds is 5. The van der Waals surface area contributed by atoms with Gasteiger partial charge in [0, 0.05) is 11.4 Å². The zero-order valence-electron chi connectivity index (χ0n) is 12.6. The topological polar surface area (TPSA) is 87.7 Å². The fraction of sp³-hybridized carbons (Fsp3) is 0.400. The first-order valence-electron chi connectivity index (χ1n) is 7.40. The lowest BCUT2D eigenvalue weighted by Gasteiger charge is -2.31. The van der Waals surface area contributed by atoms with Gasteiger partial charge in [0.1, 0.15) is 13.2 Å². The van der Waals surface area contributed by atoms with Gasteiger partial charge >= 0.3 is 12.0 Å². The first-order valence-corrected chi connectivity index (χ1v) is 8.28. The SMILES string of the molecule is CCCNC(=O)CN1C(=O)NC(c2cccs2)C2=C1COC2=O. The maximum Gasteiger partial charge on any atom is 0.338 e. The number of thiophene rings is 1. The van der Waals surface area contributed by atoms with E-state index in [2.05, 4.69) is 10.6 Å². The molecule has 1 unspecified atom stereocenters. The number of esters is 1. The minimum atomic E-state index is -0.512. The predicted molar refractivity (Wildman–Crippen MR) is 83.6 cm³/mol. The molecule has 0 aliphatic carbocycles. The van der Waals surface area contributed by atoms with E-state index in [0.29, 0.717) is 17.8 Å². The lowest BCUT2D eigenvalue weighted by molar-refractivity contribution is -0.136. The third-order valence-corrected chi connectivity index (χ3v) is 4.64. The number of nitrogens with zero attached hydrogens (tertiary/aromatic N) is 1. The van der Waals surface area contributed by atoms with Crippen molar-refractivity contribution in [2.45, 2.75) is 19.4 Å². The van der Waals surface area contributed by atoms with E-state index in [1.165, 1.54) is 16.2 Å². The summed E-state index contributed by atoms with van der Waals surface area (Å²) < 4.78 is 5.10. The van der Waals surface area contributed by atoms with Gasteiger partial charge in [-0.05, 0) is 17.9 Å². The molecule has 2 aliphatic rings. The van der Waals surface area contributed by atoms with Gasteiger partial charge in [-0.1, -0.05) is 13.0 Å². The zero-order valence-corrected chi connectivity index (χ0v) is 13.4. The molecule has 1 aromatic rings. The van der Waals surface area contributed by atoms with Crippen molar-refractivity contribution in [2.24, 2.45) is 0 Å². The van der Waals surface area contributed by atoms with E-state index >= 15 is 0 Å². The van der Waals surface area contributed by atoms with Crippen LogP contribution in [0, 0.1) is 0 Å². The standard InChI is InChI=1S/C15H17N3O4S/c1-2-5-16-11(19)7-18-9-8-22-14(20)12(9)13(17-15(18)21)10-4-3-6-23-10/h3-4,6,13H,2,5,7-8H2,1H3,(H,16,19)(H,17,21). The van der Waals surface area contributed by atoms with Gasteiger partial charge in [-0.15, -0.1) is 11.3 Å². The van der Waals surface area contributed by atoms with E-state index in [0.717, 1.165) is 11.3 Å². The fourth-order valence-electron chi connectivity index (χ4n) is 2.61. The highest BCUT2D eigenvalue weighted by Gasteiger charge is 2.42. The van der Waals surface area contributed by atoms with Gasteiger partial charge < -0.3 is 15.4 Å². The largest absolute Gasteiger partial charge is 0.456 e. The number of hydrogen-bond acceptors (Lipinski definition) is 5. The van der Waals surface area contributed by atoms with Crippen molar-refractivity contribution in [3.8, 4) is 0 Å². The maximum atomic E-state index is 12.4. The molecule has 3 rings (SSSR count). The third-order valence-electron chi connectivity index (χ3n) is 3.70. The van der Waals surface area contributed by atoms with Crippen LogP contribution in [0.1, 0.15) is 24.3 Å². The monoisotopic (exact) mass is 335 g/mol. The number of hydrogen-bond donors (Lipinski definition) is 2. The average molecular weight is 335 g/mol. The molecule has 23 heavy (non-hydrogen) atoms. The number of carbonyl (C=O) groups excluding carboxylic acids is 3. The number of nitrogens with one attached hydrogen (secondary N) is 2. The first-order chi connectivity index (χ1) is 11.1. The predicted octanol–water partition coefficient (Wildman–Crippen LogP) is 1.15.